The van der Waals surface area contributed by atoms with Crippen LogP contribution in [0.5, 0.6) is 0 Å². The van der Waals surface area contributed by atoms with Crippen molar-refractivity contribution in [3.05, 3.63) is 25.3 Å². The molecule has 3 heteroatoms. The molecule has 0 saturated heterocycles. The average Bonchev–Trinajstić information content (AvgIpc) is 2.55. The Balaban J connectivity index is 4.78. The number of unbranched alkanes of at least 4 members (excludes halogenated alkanes) is 4. The zero-order valence-electron chi connectivity index (χ0n) is 17.5. The number of allylic oxidation sites excluding steroid dienone is 2. The second-order valence-electron chi connectivity index (χ2n) is 8.04. The molecule has 2 nitrogen and oxygen atoms in total. The molecule has 0 rings (SSSR count). The number of hydrogen-bond acceptors (Lipinski definition) is 2. The van der Waals surface area contributed by atoms with Crippen LogP contribution in [0.1, 0.15) is 79.1 Å². The van der Waals surface area contributed by atoms with Crippen LogP contribution in [0.4, 0.5) is 0 Å². The lowest BCUT2D eigenvalue weighted by atomic mass is 10.2. The van der Waals surface area contributed by atoms with Crippen molar-refractivity contribution in [2.45, 2.75) is 91.1 Å². The first-order chi connectivity index (χ1) is 12.0. The quantitative estimate of drug-likeness (QED) is 0.144. The van der Waals surface area contributed by atoms with Crippen LogP contribution in [0.15, 0.2) is 25.3 Å². The molecule has 0 aromatic heterocycles. The third-order valence-electron chi connectivity index (χ3n) is 4.55. The normalized spacial score (nSPS) is 12.1. The van der Waals surface area contributed by atoms with Crippen LogP contribution in [0.2, 0.25) is 12.1 Å². The monoisotopic (exact) mass is 368 g/mol. The molecule has 0 saturated carbocycles. The lowest BCUT2D eigenvalue weighted by Gasteiger charge is -2.32. The van der Waals surface area contributed by atoms with E-state index in [0.29, 0.717) is 11.8 Å². The van der Waals surface area contributed by atoms with Crippen LogP contribution < -0.4 is 0 Å². The van der Waals surface area contributed by atoms with Gasteiger partial charge in [0.25, 0.3) is 0 Å². The molecule has 0 radical (unpaired) electrons. The molecule has 0 aromatic rings. The maximum absolute atomic E-state index is 6.55. The summed E-state index contributed by atoms with van der Waals surface area (Å²) in [5.41, 5.74) is 0. The van der Waals surface area contributed by atoms with Gasteiger partial charge in [-0.1, -0.05) is 52.7 Å². The van der Waals surface area contributed by atoms with E-state index in [9.17, 15) is 0 Å². The van der Waals surface area contributed by atoms with Crippen LogP contribution in [-0.4, -0.2) is 21.8 Å². The number of hydrogen-bond donors (Lipinski definition) is 0. The maximum Gasteiger partial charge on any atom is 0.338 e. The molecule has 0 aliphatic carbocycles. The lowest BCUT2D eigenvalue weighted by Crippen LogP contribution is -2.43. The topological polar surface area (TPSA) is 18.5 Å². The Morgan fingerprint density at radius 3 is 1.44 bits per heavy atom. The van der Waals surface area contributed by atoms with Gasteiger partial charge in [-0.25, -0.2) is 0 Å². The molecule has 0 atom stereocenters. The number of rotatable bonds is 18. The predicted molar refractivity (Wildman–Crippen MR) is 114 cm³/mol. The predicted octanol–water partition coefficient (Wildman–Crippen LogP) is 7.27. The zero-order valence-corrected chi connectivity index (χ0v) is 18.5. The Kier molecular flexibility index (Phi) is 15.6. The lowest BCUT2D eigenvalue weighted by molar-refractivity contribution is 0.151. The third kappa shape index (κ3) is 14.5. The Morgan fingerprint density at radius 2 is 1.12 bits per heavy atom. The van der Waals surface area contributed by atoms with E-state index in [0.717, 1.165) is 51.0 Å². The molecule has 0 aliphatic rings. The molecule has 148 valence electrons. The van der Waals surface area contributed by atoms with Crippen LogP contribution in [0, 0.1) is 11.8 Å². The molecule has 0 heterocycles. The van der Waals surface area contributed by atoms with Gasteiger partial charge in [0.1, 0.15) is 0 Å². The van der Waals surface area contributed by atoms with Gasteiger partial charge in [0, 0.05) is 13.2 Å². The van der Waals surface area contributed by atoms with Crippen molar-refractivity contribution in [1.29, 1.82) is 0 Å². The molecule has 0 N–H and O–H groups in total. The second kappa shape index (κ2) is 15.8. The fourth-order valence-corrected chi connectivity index (χ4v) is 6.25. The first-order valence-corrected chi connectivity index (χ1v) is 12.7. The van der Waals surface area contributed by atoms with E-state index in [1.165, 1.54) is 25.7 Å². The van der Waals surface area contributed by atoms with Crippen LogP contribution >= 0.6 is 0 Å². The van der Waals surface area contributed by atoms with Gasteiger partial charge < -0.3 is 8.85 Å². The smallest absolute Gasteiger partial charge is 0.338 e. The van der Waals surface area contributed by atoms with E-state index >= 15 is 0 Å². The maximum atomic E-state index is 6.55. The summed E-state index contributed by atoms with van der Waals surface area (Å²) < 4.78 is 13.1. The Labute approximate surface area is 159 Å². The van der Waals surface area contributed by atoms with E-state index in [2.05, 4.69) is 40.9 Å². The van der Waals surface area contributed by atoms with E-state index < -0.39 is 8.56 Å². The molecule has 25 heavy (non-hydrogen) atoms. The molecule has 0 unspecified atom stereocenters. The molecule has 0 spiro atoms. The van der Waals surface area contributed by atoms with Crippen LogP contribution in [0.25, 0.3) is 0 Å². The highest BCUT2D eigenvalue weighted by molar-refractivity contribution is 6.67. The SMILES string of the molecule is C=CCCCC[Si](CCCCC=C)(OCCC(C)C)OCCC(C)C. The third-order valence-corrected chi connectivity index (χ3v) is 8.24. The molecule has 0 bridgehead atoms. The Morgan fingerprint density at radius 1 is 0.720 bits per heavy atom. The van der Waals surface area contributed by atoms with Gasteiger partial charge >= 0.3 is 8.56 Å². The largest absolute Gasteiger partial charge is 0.394 e. The minimum absolute atomic E-state index is 0.684. The van der Waals surface area contributed by atoms with Crippen molar-refractivity contribution in [1.82, 2.24) is 0 Å². The molecular formula is C22H44O2Si. The van der Waals surface area contributed by atoms with Gasteiger partial charge in [-0.05, 0) is 62.4 Å². The molecular weight excluding hydrogens is 324 g/mol. The zero-order chi connectivity index (χ0) is 19.0. The van der Waals surface area contributed by atoms with E-state index in [4.69, 9.17) is 8.85 Å². The summed E-state index contributed by atoms with van der Waals surface area (Å²) in [6, 6.07) is 2.26. The van der Waals surface area contributed by atoms with Crippen LogP contribution in [-0.2, 0) is 8.85 Å². The van der Waals surface area contributed by atoms with Crippen molar-refractivity contribution in [2.75, 3.05) is 13.2 Å². The Bertz CT molecular complexity index is 294. The highest BCUT2D eigenvalue weighted by Crippen LogP contribution is 2.27. The van der Waals surface area contributed by atoms with Gasteiger partial charge in [-0.15, -0.1) is 13.2 Å². The minimum Gasteiger partial charge on any atom is -0.394 e. The van der Waals surface area contributed by atoms with E-state index in [1.54, 1.807) is 0 Å². The van der Waals surface area contributed by atoms with Crippen molar-refractivity contribution < 1.29 is 8.85 Å². The van der Waals surface area contributed by atoms with Crippen molar-refractivity contribution in [2.24, 2.45) is 11.8 Å². The molecule has 0 aromatic carbocycles. The average molecular weight is 369 g/mol. The fourth-order valence-electron chi connectivity index (χ4n) is 2.78. The molecule has 0 fully saturated rings. The summed E-state index contributed by atoms with van der Waals surface area (Å²) in [6.07, 6.45) is 13.3. The summed E-state index contributed by atoms with van der Waals surface area (Å²) in [4.78, 5) is 0. The first kappa shape index (κ1) is 24.6. The first-order valence-electron chi connectivity index (χ1n) is 10.5. The van der Waals surface area contributed by atoms with Gasteiger partial charge in [0.15, 0.2) is 0 Å². The van der Waals surface area contributed by atoms with Gasteiger partial charge in [-0.2, -0.15) is 0 Å². The summed E-state index contributed by atoms with van der Waals surface area (Å²) in [5, 5.41) is 0. The van der Waals surface area contributed by atoms with Crippen molar-refractivity contribution >= 4 is 8.56 Å². The Hall–Kier alpha value is -0.383. The van der Waals surface area contributed by atoms with E-state index in [-0.39, 0.29) is 0 Å². The highest BCUT2D eigenvalue weighted by atomic mass is 28.4. The van der Waals surface area contributed by atoms with E-state index in [1.807, 2.05) is 12.2 Å². The summed E-state index contributed by atoms with van der Waals surface area (Å²) >= 11 is 0. The van der Waals surface area contributed by atoms with Gasteiger partial charge in [-0.3, -0.25) is 0 Å². The van der Waals surface area contributed by atoms with Gasteiger partial charge in [0.05, 0.1) is 0 Å². The minimum atomic E-state index is -2.10. The highest BCUT2D eigenvalue weighted by Gasteiger charge is 2.36. The van der Waals surface area contributed by atoms with Crippen molar-refractivity contribution in [3.63, 3.8) is 0 Å². The summed E-state index contributed by atoms with van der Waals surface area (Å²) in [5.74, 6) is 1.37. The summed E-state index contributed by atoms with van der Waals surface area (Å²) in [7, 11) is -2.10. The fraction of sp³-hybridized carbons (Fsp3) is 0.818. The van der Waals surface area contributed by atoms with Gasteiger partial charge in [0.2, 0.25) is 0 Å². The standard InChI is InChI=1S/C22H44O2Si/c1-7-9-11-13-19-25(20-14-12-10-8-2,23-17-15-21(3)4)24-18-16-22(5)6/h7-8,21-22H,1-2,9-20H2,3-6H3. The van der Waals surface area contributed by atoms with Crippen molar-refractivity contribution in [3.8, 4) is 0 Å². The molecule has 0 amide bonds. The molecule has 0 aliphatic heterocycles. The van der Waals surface area contributed by atoms with Crippen LogP contribution in [0.3, 0.4) is 0 Å². The second-order valence-corrected chi connectivity index (χ2v) is 11.4. The summed E-state index contributed by atoms with van der Waals surface area (Å²) in [6.45, 7) is 18.5.